The lowest BCUT2D eigenvalue weighted by Gasteiger charge is -2.41. The van der Waals surface area contributed by atoms with Crippen LogP contribution in [0.4, 0.5) is 0 Å². The molecule has 2 nitrogen and oxygen atoms in total. The number of esters is 1. The van der Waals surface area contributed by atoms with Gasteiger partial charge >= 0.3 is 5.97 Å². The maximum Gasteiger partial charge on any atom is 0.309 e. The molecule has 0 unspecified atom stereocenters. The SMILES string of the molecule is O=C1C/C(=C\c2ccccc2)C2(CCCCC2)CO1. The highest BCUT2D eigenvalue weighted by Gasteiger charge is 2.40. The molecule has 1 saturated carbocycles. The maximum absolute atomic E-state index is 11.6. The Labute approximate surface area is 114 Å². The molecular weight excluding hydrogens is 236 g/mol. The first-order valence-corrected chi connectivity index (χ1v) is 7.20. The second-order valence-corrected chi connectivity index (χ2v) is 5.76. The van der Waals surface area contributed by atoms with Crippen molar-refractivity contribution < 1.29 is 9.53 Å². The summed E-state index contributed by atoms with van der Waals surface area (Å²) in [4.78, 5) is 11.6. The summed E-state index contributed by atoms with van der Waals surface area (Å²) in [7, 11) is 0. The molecule has 1 aromatic rings. The van der Waals surface area contributed by atoms with Crippen molar-refractivity contribution in [2.75, 3.05) is 6.61 Å². The number of benzene rings is 1. The summed E-state index contributed by atoms with van der Waals surface area (Å²) in [6.07, 6.45) is 8.83. The third kappa shape index (κ3) is 2.58. The Hall–Kier alpha value is -1.57. The van der Waals surface area contributed by atoms with Crippen LogP contribution in [-0.4, -0.2) is 12.6 Å². The largest absolute Gasteiger partial charge is 0.465 e. The number of hydrogen-bond donors (Lipinski definition) is 0. The van der Waals surface area contributed by atoms with Gasteiger partial charge in [0.2, 0.25) is 0 Å². The molecule has 1 heterocycles. The fraction of sp³-hybridized carbons (Fsp3) is 0.471. The predicted octanol–water partition coefficient (Wildman–Crippen LogP) is 3.97. The van der Waals surface area contributed by atoms with Gasteiger partial charge in [-0.05, 0) is 24.0 Å². The molecule has 1 aromatic carbocycles. The van der Waals surface area contributed by atoms with Gasteiger partial charge in [-0.15, -0.1) is 0 Å². The number of carbonyl (C=O) groups excluding carboxylic acids is 1. The Morgan fingerprint density at radius 1 is 1.05 bits per heavy atom. The van der Waals surface area contributed by atoms with E-state index in [0.29, 0.717) is 13.0 Å². The molecule has 0 bridgehead atoms. The van der Waals surface area contributed by atoms with E-state index in [-0.39, 0.29) is 11.4 Å². The van der Waals surface area contributed by atoms with E-state index in [1.54, 1.807) is 0 Å². The van der Waals surface area contributed by atoms with Crippen molar-refractivity contribution in [3.8, 4) is 0 Å². The van der Waals surface area contributed by atoms with Gasteiger partial charge in [-0.25, -0.2) is 0 Å². The lowest BCUT2D eigenvalue weighted by atomic mass is 9.67. The minimum atomic E-state index is -0.0709. The first-order valence-electron chi connectivity index (χ1n) is 7.20. The molecule has 0 aromatic heterocycles. The molecule has 0 radical (unpaired) electrons. The first kappa shape index (κ1) is 12.5. The molecule has 2 aliphatic rings. The lowest BCUT2D eigenvalue weighted by molar-refractivity contribution is -0.150. The smallest absolute Gasteiger partial charge is 0.309 e. The minimum absolute atomic E-state index is 0.0709. The number of ether oxygens (including phenoxy) is 1. The van der Waals surface area contributed by atoms with E-state index in [1.807, 2.05) is 18.2 Å². The number of rotatable bonds is 1. The third-order valence-electron chi connectivity index (χ3n) is 4.48. The van der Waals surface area contributed by atoms with Crippen molar-refractivity contribution in [3.05, 3.63) is 41.5 Å². The van der Waals surface area contributed by atoms with Crippen molar-refractivity contribution >= 4 is 12.0 Å². The van der Waals surface area contributed by atoms with Crippen LogP contribution < -0.4 is 0 Å². The van der Waals surface area contributed by atoms with Crippen LogP contribution in [0.2, 0.25) is 0 Å². The van der Waals surface area contributed by atoms with Crippen LogP contribution in [0, 0.1) is 5.41 Å². The Kier molecular flexibility index (Phi) is 3.41. The van der Waals surface area contributed by atoms with Crippen molar-refractivity contribution in [1.29, 1.82) is 0 Å². The van der Waals surface area contributed by atoms with Crippen molar-refractivity contribution in [2.24, 2.45) is 5.41 Å². The molecule has 0 amide bonds. The van der Waals surface area contributed by atoms with Gasteiger partial charge in [0.15, 0.2) is 0 Å². The van der Waals surface area contributed by atoms with Gasteiger partial charge in [0, 0.05) is 5.41 Å². The Morgan fingerprint density at radius 2 is 1.79 bits per heavy atom. The normalized spacial score (nSPS) is 24.4. The quantitative estimate of drug-likeness (QED) is 0.711. The maximum atomic E-state index is 11.6. The van der Waals surface area contributed by atoms with Gasteiger partial charge in [-0.1, -0.05) is 55.7 Å². The molecular formula is C17H20O2. The molecule has 100 valence electrons. The summed E-state index contributed by atoms with van der Waals surface area (Å²) in [5.74, 6) is -0.0709. The third-order valence-corrected chi connectivity index (χ3v) is 4.48. The Balaban J connectivity index is 1.94. The average molecular weight is 256 g/mol. The highest BCUT2D eigenvalue weighted by Crippen LogP contribution is 2.46. The zero-order valence-electron chi connectivity index (χ0n) is 11.2. The van der Waals surface area contributed by atoms with Crippen molar-refractivity contribution in [1.82, 2.24) is 0 Å². The second kappa shape index (κ2) is 5.20. The number of hydrogen-bond acceptors (Lipinski definition) is 2. The van der Waals surface area contributed by atoms with E-state index in [4.69, 9.17) is 4.74 Å². The van der Waals surface area contributed by atoms with Crippen LogP contribution in [0.1, 0.15) is 44.1 Å². The molecule has 0 atom stereocenters. The first-order chi connectivity index (χ1) is 9.28. The average Bonchev–Trinajstić information content (AvgIpc) is 2.46. The lowest BCUT2D eigenvalue weighted by Crippen LogP contribution is -2.38. The standard InChI is InChI=1S/C17H20O2/c18-16-12-15(11-14-7-3-1-4-8-14)17(13-19-16)9-5-2-6-10-17/h1,3-4,7-8,11H,2,5-6,9-10,12-13H2/b15-11+. The zero-order chi connectivity index (χ0) is 13.1. The van der Waals surface area contributed by atoms with Crippen LogP contribution in [0.5, 0.6) is 0 Å². The van der Waals surface area contributed by atoms with Crippen LogP contribution in [0.25, 0.3) is 6.08 Å². The Morgan fingerprint density at radius 3 is 2.53 bits per heavy atom. The van der Waals surface area contributed by atoms with Crippen LogP contribution in [-0.2, 0) is 9.53 Å². The summed E-state index contributed by atoms with van der Waals surface area (Å²) in [6, 6.07) is 10.3. The van der Waals surface area contributed by atoms with E-state index < -0.39 is 0 Å². The molecule has 2 heteroatoms. The van der Waals surface area contributed by atoms with Gasteiger partial charge in [0.1, 0.15) is 6.61 Å². The Bertz CT molecular complexity index is 481. The highest BCUT2D eigenvalue weighted by molar-refractivity contribution is 5.77. The summed E-state index contributed by atoms with van der Waals surface area (Å²) in [6.45, 7) is 0.588. The number of carbonyl (C=O) groups is 1. The van der Waals surface area contributed by atoms with Gasteiger partial charge < -0.3 is 4.74 Å². The van der Waals surface area contributed by atoms with Crippen molar-refractivity contribution in [2.45, 2.75) is 38.5 Å². The van der Waals surface area contributed by atoms with Crippen LogP contribution in [0.15, 0.2) is 35.9 Å². The van der Waals surface area contributed by atoms with Gasteiger partial charge in [0.05, 0.1) is 6.42 Å². The summed E-state index contributed by atoms with van der Waals surface area (Å²) < 4.78 is 5.36. The number of cyclic esters (lactones) is 1. The van der Waals surface area contributed by atoms with Crippen LogP contribution in [0.3, 0.4) is 0 Å². The molecule has 1 aliphatic carbocycles. The topological polar surface area (TPSA) is 26.3 Å². The molecule has 19 heavy (non-hydrogen) atoms. The van der Waals surface area contributed by atoms with Gasteiger partial charge in [-0.2, -0.15) is 0 Å². The molecule has 2 fully saturated rings. The minimum Gasteiger partial charge on any atom is -0.465 e. The molecule has 3 rings (SSSR count). The van der Waals surface area contributed by atoms with E-state index in [9.17, 15) is 4.79 Å². The van der Waals surface area contributed by atoms with Gasteiger partial charge in [0.25, 0.3) is 0 Å². The molecule has 0 N–H and O–H groups in total. The summed E-state index contributed by atoms with van der Waals surface area (Å²) >= 11 is 0. The monoisotopic (exact) mass is 256 g/mol. The van der Waals surface area contributed by atoms with E-state index in [2.05, 4.69) is 18.2 Å². The van der Waals surface area contributed by atoms with E-state index in [1.165, 1.54) is 43.2 Å². The fourth-order valence-corrected chi connectivity index (χ4v) is 3.35. The second-order valence-electron chi connectivity index (χ2n) is 5.76. The zero-order valence-corrected chi connectivity index (χ0v) is 11.2. The van der Waals surface area contributed by atoms with Gasteiger partial charge in [-0.3, -0.25) is 4.79 Å². The predicted molar refractivity (Wildman–Crippen MR) is 75.5 cm³/mol. The fourth-order valence-electron chi connectivity index (χ4n) is 3.35. The molecule has 1 aliphatic heterocycles. The highest BCUT2D eigenvalue weighted by atomic mass is 16.5. The van der Waals surface area contributed by atoms with Crippen LogP contribution >= 0.6 is 0 Å². The summed E-state index contributed by atoms with van der Waals surface area (Å²) in [5, 5.41) is 0. The summed E-state index contributed by atoms with van der Waals surface area (Å²) in [5.41, 5.74) is 2.61. The van der Waals surface area contributed by atoms with E-state index >= 15 is 0 Å². The molecule has 1 saturated heterocycles. The van der Waals surface area contributed by atoms with Crippen molar-refractivity contribution in [3.63, 3.8) is 0 Å². The molecule has 1 spiro atoms. The van der Waals surface area contributed by atoms with E-state index in [0.717, 1.165) is 0 Å².